The molecule has 2 aromatic heterocycles. The average Bonchev–Trinajstić information content (AvgIpc) is 3.12. The van der Waals surface area contributed by atoms with E-state index in [0.29, 0.717) is 36.5 Å². The van der Waals surface area contributed by atoms with Crippen LogP contribution < -0.4 is 15.6 Å². The lowest BCUT2D eigenvalue weighted by Gasteiger charge is -2.10. The lowest BCUT2D eigenvalue weighted by atomic mass is 10.2. The normalized spacial score (nSPS) is 10.9. The third kappa shape index (κ3) is 5.08. The Kier molecular flexibility index (Phi) is 6.47. The van der Waals surface area contributed by atoms with E-state index in [4.69, 9.17) is 16.3 Å². The van der Waals surface area contributed by atoms with Crippen LogP contribution in [-0.4, -0.2) is 28.6 Å². The number of amides is 1. The van der Waals surface area contributed by atoms with E-state index in [9.17, 15) is 9.59 Å². The summed E-state index contributed by atoms with van der Waals surface area (Å²) < 4.78 is 7.16. The number of nitrogens with one attached hydrogen (secondary N) is 1. The Morgan fingerprint density at radius 1 is 1.37 bits per heavy atom. The number of thiophene rings is 1. The van der Waals surface area contributed by atoms with Crippen LogP contribution in [0.4, 0.5) is 0 Å². The largest absolute Gasteiger partial charge is 0.493 e. The number of nitrogens with zero attached hydrogens (tertiary/aromatic N) is 2. The third-order valence-corrected chi connectivity index (χ3v) is 5.12. The molecule has 27 heavy (non-hydrogen) atoms. The van der Waals surface area contributed by atoms with Gasteiger partial charge >= 0.3 is 0 Å². The van der Waals surface area contributed by atoms with Gasteiger partial charge in [0.25, 0.3) is 5.56 Å². The second kappa shape index (κ2) is 9.01. The number of aromatic nitrogens is 2. The van der Waals surface area contributed by atoms with Crippen molar-refractivity contribution in [2.75, 3.05) is 13.2 Å². The summed E-state index contributed by atoms with van der Waals surface area (Å²) in [7, 11) is 0. The molecule has 8 heteroatoms. The van der Waals surface area contributed by atoms with Crippen LogP contribution in [0.3, 0.4) is 0 Å². The van der Waals surface area contributed by atoms with Crippen LogP contribution in [0.2, 0.25) is 5.02 Å². The lowest BCUT2D eigenvalue weighted by molar-refractivity contribution is -0.121. The minimum absolute atomic E-state index is 0.102. The number of rotatable bonds is 8. The molecule has 1 N–H and O–H groups in total. The fraction of sp³-hybridized carbons (Fsp3) is 0.316. The van der Waals surface area contributed by atoms with Crippen LogP contribution >= 0.6 is 22.9 Å². The maximum atomic E-state index is 12.3. The number of hydrogen-bond acceptors (Lipinski definition) is 5. The summed E-state index contributed by atoms with van der Waals surface area (Å²) in [5, 5.41) is 5.95. The molecule has 1 amide bonds. The van der Waals surface area contributed by atoms with Gasteiger partial charge in [-0.15, -0.1) is 11.3 Å². The topological polar surface area (TPSA) is 73.2 Å². The van der Waals surface area contributed by atoms with Crippen molar-refractivity contribution in [3.63, 3.8) is 0 Å². The highest BCUT2D eigenvalue weighted by Crippen LogP contribution is 2.21. The van der Waals surface area contributed by atoms with Crippen molar-refractivity contribution >= 4 is 39.1 Å². The molecule has 0 unspecified atom stereocenters. The van der Waals surface area contributed by atoms with E-state index in [-0.39, 0.29) is 17.9 Å². The first kappa shape index (κ1) is 19.4. The molecule has 0 aliphatic heterocycles. The molecule has 0 fully saturated rings. The molecule has 2 heterocycles. The standard InChI is InChI=1S/C19H20ClN3O3S/c1-13-11-14(20)3-4-16(13)26-9-2-7-21-17(24)5-8-23-12-22-18-15(19(23)25)6-10-27-18/h3-4,6,10-12H,2,5,7-9H2,1H3,(H,21,24). The second-order valence-corrected chi connectivity index (χ2v) is 7.43. The predicted molar refractivity (Wildman–Crippen MR) is 108 cm³/mol. The Hall–Kier alpha value is -2.38. The van der Waals surface area contributed by atoms with Crippen LogP contribution in [0.1, 0.15) is 18.4 Å². The fourth-order valence-corrected chi connectivity index (χ4v) is 3.57. The summed E-state index contributed by atoms with van der Waals surface area (Å²) in [5.41, 5.74) is 0.869. The summed E-state index contributed by atoms with van der Waals surface area (Å²) >= 11 is 7.34. The van der Waals surface area contributed by atoms with E-state index < -0.39 is 0 Å². The molecular weight excluding hydrogens is 386 g/mol. The number of ether oxygens (including phenoxy) is 1. The zero-order chi connectivity index (χ0) is 19.2. The first-order chi connectivity index (χ1) is 13.0. The molecule has 1 aromatic carbocycles. The molecule has 0 saturated heterocycles. The van der Waals surface area contributed by atoms with E-state index in [1.807, 2.05) is 24.4 Å². The van der Waals surface area contributed by atoms with Crippen LogP contribution in [-0.2, 0) is 11.3 Å². The van der Waals surface area contributed by atoms with Gasteiger partial charge in [-0.05, 0) is 48.6 Å². The highest BCUT2D eigenvalue weighted by Gasteiger charge is 2.07. The summed E-state index contributed by atoms with van der Waals surface area (Å²) in [6, 6.07) is 7.24. The zero-order valence-electron chi connectivity index (χ0n) is 14.9. The molecule has 0 saturated carbocycles. The molecule has 142 valence electrons. The van der Waals surface area contributed by atoms with Crippen LogP contribution in [0.5, 0.6) is 5.75 Å². The first-order valence-corrected chi connectivity index (χ1v) is 9.88. The molecule has 0 atom stereocenters. The van der Waals surface area contributed by atoms with Crippen molar-refractivity contribution < 1.29 is 9.53 Å². The van der Waals surface area contributed by atoms with Crippen molar-refractivity contribution in [3.8, 4) is 5.75 Å². The first-order valence-electron chi connectivity index (χ1n) is 8.63. The quantitative estimate of drug-likeness (QED) is 0.583. The van der Waals surface area contributed by atoms with Gasteiger partial charge in [-0.25, -0.2) is 4.98 Å². The van der Waals surface area contributed by atoms with Crippen molar-refractivity contribution in [1.82, 2.24) is 14.9 Å². The van der Waals surface area contributed by atoms with Gasteiger partial charge in [-0.3, -0.25) is 14.2 Å². The molecule has 6 nitrogen and oxygen atoms in total. The Bertz CT molecular complexity index is 999. The van der Waals surface area contributed by atoms with Gasteiger partial charge in [0.05, 0.1) is 18.3 Å². The Labute approximate surface area is 165 Å². The third-order valence-electron chi connectivity index (χ3n) is 4.07. The Morgan fingerprint density at radius 3 is 3.04 bits per heavy atom. The summed E-state index contributed by atoms with van der Waals surface area (Å²) in [6.07, 6.45) is 2.42. The molecule has 3 rings (SSSR count). The summed E-state index contributed by atoms with van der Waals surface area (Å²) in [4.78, 5) is 29.2. The zero-order valence-corrected chi connectivity index (χ0v) is 16.5. The van der Waals surface area contributed by atoms with E-state index in [0.717, 1.165) is 16.1 Å². The SMILES string of the molecule is Cc1cc(Cl)ccc1OCCCNC(=O)CCn1cnc2sccc2c1=O. The molecular formula is C19H20ClN3O3S. The average molecular weight is 406 g/mol. The van der Waals surface area contributed by atoms with E-state index in [1.54, 1.807) is 12.1 Å². The number of carbonyl (C=O) groups is 1. The fourth-order valence-electron chi connectivity index (χ4n) is 2.62. The van der Waals surface area contributed by atoms with Gasteiger partial charge in [0.1, 0.15) is 10.6 Å². The Balaban J connectivity index is 1.38. The molecule has 0 bridgehead atoms. The Morgan fingerprint density at radius 2 is 2.22 bits per heavy atom. The molecule has 0 aliphatic rings. The lowest BCUT2D eigenvalue weighted by Crippen LogP contribution is -2.28. The number of hydrogen-bond donors (Lipinski definition) is 1. The number of halogens is 1. The minimum atomic E-state index is -0.110. The number of benzene rings is 1. The second-order valence-electron chi connectivity index (χ2n) is 6.09. The van der Waals surface area contributed by atoms with Gasteiger partial charge in [-0.1, -0.05) is 11.6 Å². The summed E-state index contributed by atoms with van der Waals surface area (Å²) in [6.45, 7) is 3.26. The smallest absolute Gasteiger partial charge is 0.262 e. The van der Waals surface area contributed by atoms with Crippen LogP contribution in [0, 0.1) is 6.92 Å². The highest BCUT2D eigenvalue weighted by atomic mass is 35.5. The van der Waals surface area contributed by atoms with Crippen molar-refractivity contribution in [2.45, 2.75) is 26.3 Å². The van der Waals surface area contributed by atoms with E-state index in [1.165, 1.54) is 22.2 Å². The minimum Gasteiger partial charge on any atom is -0.493 e. The summed E-state index contributed by atoms with van der Waals surface area (Å²) in [5.74, 6) is 0.691. The van der Waals surface area contributed by atoms with Crippen molar-refractivity contribution in [3.05, 3.63) is 56.9 Å². The van der Waals surface area contributed by atoms with Crippen LogP contribution in [0.25, 0.3) is 10.2 Å². The van der Waals surface area contributed by atoms with Gasteiger partial charge in [0.2, 0.25) is 5.91 Å². The van der Waals surface area contributed by atoms with Gasteiger partial charge in [-0.2, -0.15) is 0 Å². The van der Waals surface area contributed by atoms with Gasteiger partial charge < -0.3 is 10.1 Å². The number of aryl methyl sites for hydroxylation is 2. The number of fused-ring (bicyclic) bond motifs is 1. The molecule has 0 spiro atoms. The monoisotopic (exact) mass is 405 g/mol. The van der Waals surface area contributed by atoms with E-state index in [2.05, 4.69) is 10.3 Å². The molecule has 3 aromatic rings. The van der Waals surface area contributed by atoms with Gasteiger partial charge in [0, 0.05) is 24.5 Å². The van der Waals surface area contributed by atoms with Crippen LogP contribution in [0.15, 0.2) is 40.8 Å². The maximum absolute atomic E-state index is 12.3. The predicted octanol–water partition coefficient (Wildman–Crippen LogP) is 3.40. The highest BCUT2D eigenvalue weighted by molar-refractivity contribution is 7.16. The molecule has 0 radical (unpaired) electrons. The van der Waals surface area contributed by atoms with E-state index >= 15 is 0 Å². The van der Waals surface area contributed by atoms with Crippen molar-refractivity contribution in [1.29, 1.82) is 0 Å². The number of carbonyl (C=O) groups excluding carboxylic acids is 1. The van der Waals surface area contributed by atoms with Crippen molar-refractivity contribution in [2.24, 2.45) is 0 Å². The molecule has 0 aliphatic carbocycles. The maximum Gasteiger partial charge on any atom is 0.262 e. The van der Waals surface area contributed by atoms with Gasteiger partial charge in [0.15, 0.2) is 0 Å².